The molecular weight excluding hydrogens is 340 g/mol. The topological polar surface area (TPSA) is 55.1 Å². The molecule has 3 rings (SSSR count). The fourth-order valence-corrected chi connectivity index (χ4v) is 3.63. The van der Waals surface area contributed by atoms with Crippen molar-refractivity contribution in [2.45, 2.75) is 13.0 Å². The van der Waals surface area contributed by atoms with E-state index < -0.39 is 5.97 Å². The van der Waals surface area contributed by atoms with Crippen molar-refractivity contribution in [2.75, 3.05) is 0 Å². The Morgan fingerprint density at radius 2 is 2.20 bits per heavy atom. The van der Waals surface area contributed by atoms with E-state index in [2.05, 4.69) is 27.0 Å². The standard InChI is InChI=1S/C14H11BrN2O2S/c15-12-5-4-9(20-12)6-7-17-8-16-13-10(14(18)19)2-1-3-11(13)17/h1-5,8H,6-7H2,(H,18,19). The van der Waals surface area contributed by atoms with Crippen LogP contribution in [0.25, 0.3) is 11.0 Å². The van der Waals surface area contributed by atoms with Gasteiger partial charge in [0.05, 0.1) is 21.2 Å². The Morgan fingerprint density at radius 1 is 1.35 bits per heavy atom. The highest BCUT2D eigenvalue weighted by Gasteiger charge is 2.12. The van der Waals surface area contributed by atoms with Gasteiger partial charge < -0.3 is 9.67 Å². The van der Waals surface area contributed by atoms with Crippen LogP contribution in [0.1, 0.15) is 15.2 Å². The lowest BCUT2D eigenvalue weighted by molar-refractivity contribution is 0.0699. The molecule has 102 valence electrons. The van der Waals surface area contributed by atoms with Crippen LogP contribution in [0.3, 0.4) is 0 Å². The summed E-state index contributed by atoms with van der Waals surface area (Å²) in [5.74, 6) is -0.942. The average Bonchev–Trinajstić information content (AvgIpc) is 3.02. The van der Waals surface area contributed by atoms with E-state index in [0.29, 0.717) is 5.52 Å². The van der Waals surface area contributed by atoms with E-state index >= 15 is 0 Å². The van der Waals surface area contributed by atoms with Crippen LogP contribution in [-0.4, -0.2) is 20.6 Å². The van der Waals surface area contributed by atoms with Crippen LogP contribution in [0.2, 0.25) is 0 Å². The van der Waals surface area contributed by atoms with Crippen molar-refractivity contribution in [3.8, 4) is 0 Å². The van der Waals surface area contributed by atoms with Gasteiger partial charge in [0.2, 0.25) is 0 Å². The number of rotatable bonds is 4. The third-order valence-corrected chi connectivity index (χ3v) is 4.79. The highest BCUT2D eigenvalue weighted by molar-refractivity contribution is 9.11. The van der Waals surface area contributed by atoms with Gasteiger partial charge in [-0.3, -0.25) is 0 Å². The highest BCUT2D eigenvalue weighted by atomic mass is 79.9. The smallest absolute Gasteiger partial charge is 0.337 e. The Morgan fingerprint density at radius 3 is 2.90 bits per heavy atom. The number of para-hydroxylation sites is 1. The van der Waals surface area contributed by atoms with E-state index in [4.69, 9.17) is 5.11 Å². The zero-order valence-electron chi connectivity index (χ0n) is 10.4. The van der Waals surface area contributed by atoms with Gasteiger partial charge >= 0.3 is 5.97 Å². The lowest BCUT2D eigenvalue weighted by atomic mass is 10.2. The number of aromatic nitrogens is 2. The predicted octanol–water partition coefficient (Wildman–Crippen LogP) is 3.80. The van der Waals surface area contributed by atoms with Gasteiger partial charge in [-0.25, -0.2) is 9.78 Å². The number of benzene rings is 1. The first-order valence-electron chi connectivity index (χ1n) is 6.06. The van der Waals surface area contributed by atoms with Crippen molar-refractivity contribution in [1.29, 1.82) is 0 Å². The molecule has 0 radical (unpaired) electrons. The summed E-state index contributed by atoms with van der Waals surface area (Å²) in [6, 6.07) is 9.37. The summed E-state index contributed by atoms with van der Waals surface area (Å²) in [6.07, 6.45) is 2.61. The Labute approximate surface area is 127 Å². The molecule has 0 unspecified atom stereocenters. The molecule has 0 fully saturated rings. The number of carbonyl (C=O) groups is 1. The first-order chi connectivity index (χ1) is 9.65. The zero-order chi connectivity index (χ0) is 14.1. The van der Waals surface area contributed by atoms with E-state index in [1.54, 1.807) is 29.8 Å². The van der Waals surface area contributed by atoms with Gasteiger partial charge in [0.25, 0.3) is 0 Å². The van der Waals surface area contributed by atoms with Crippen LogP contribution in [0.15, 0.2) is 40.4 Å². The third kappa shape index (κ3) is 2.48. The number of aromatic carboxylic acids is 1. The second-order valence-corrected chi connectivity index (χ2v) is 6.92. The lowest BCUT2D eigenvalue weighted by Crippen LogP contribution is -2.00. The van der Waals surface area contributed by atoms with E-state index in [0.717, 1.165) is 22.3 Å². The van der Waals surface area contributed by atoms with Crippen molar-refractivity contribution in [3.05, 3.63) is 50.9 Å². The number of aryl methyl sites for hydroxylation is 2. The number of carboxylic acids is 1. The molecule has 0 amide bonds. The molecule has 1 N–H and O–H groups in total. The normalized spacial score (nSPS) is 11.1. The van der Waals surface area contributed by atoms with Crippen molar-refractivity contribution < 1.29 is 9.90 Å². The predicted molar refractivity (Wildman–Crippen MR) is 82.4 cm³/mol. The second-order valence-electron chi connectivity index (χ2n) is 4.37. The summed E-state index contributed by atoms with van der Waals surface area (Å²) in [7, 11) is 0. The first-order valence-corrected chi connectivity index (χ1v) is 7.67. The quantitative estimate of drug-likeness (QED) is 0.778. The maximum atomic E-state index is 11.2. The Hall–Kier alpha value is -1.66. The molecule has 0 aliphatic heterocycles. The van der Waals surface area contributed by atoms with Crippen LogP contribution < -0.4 is 0 Å². The van der Waals surface area contributed by atoms with Crippen LogP contribution >= 0.6 is 27.3 Å². The number of hydrogen-bond acceptors (Lipinski definition) is 3. The van der Waals surface area contributed by atoms with Crippen molar-refractivity contribution in [1.82, 2.24) is 9.55 Å². The van der Waals surface area contributed by atoms with Crippen LogP contribution in [0.5, 0.6) is 0 Å². The number of nitrogens with zero attached hydrogens (tertiary/aromatic N) is 2. The number of halogens is 1. The summed E-state index contributed by atoms with van der Waals surface area (Å²) in [4.78, 5) is 16.7. The average molecular weight is 351 g/mol. The van der Waals surface area contributed by atoms with Gasteiger partial charge in [0.1, 0.15) is 5.52 Å². The van der Waals surface area contributed by atoms with Crippen LogP contribution in [-0.2, 0) is 13.0 Å². The van der Waals surface area contributed by atoms with Crippen LogP contribution in [0, 0.1) is 0 Å². The monoisotopic (exact) mass is 350 g/mol. The fourth-order valence-electron chi connectivity index (χ4n) is 2.16. The SMILES string of the molecule is O=C(O)c1cccc2c1ncn2CCc1ccc(Br)s1. The molecule has 0 bridgehead atoms. The van der Waals surface area contributed by atoms with Gasteiger partial charge in [-0.15, -0.1) is 11.3 Å². The van der Waals surface area contributed by atoms with Crippen molar-refractivity contribution in [2.24, 2.45) is 0 Å². The minimum Gasteiger partial charge on any atom is -0.478 e. The summed E-state index contributed by atoms with van der Waals surface area (Å²) in [5.41, 5.74) is 1.66. The minimum atomic E-state index is -0.942. The van der Waals surface area contributed by atoms with Crippen molar-refractivity contribution in [3.63, 3.8) is 0 Å². The minimum absolute atomic E-state index is 0.250. The molecule has 0 atom stereocenters. The molecule has 4 nitrogen and oxygen atoms in total. The van der Waals surface area contributed by atoms with Gasteiger partial charge in [0, 0.05) is 11.4 Å². The molecule has 2 aromatic heterocycles. The zero-order valence-corrected chi connectivity index (χ0v) is 12.8. The lowest BCUT2D eigenvalue weighted by Gasteiger charge is -2.03. The molecule has 1 aromatic carbocycles. The third-order valence-electron chi connectivity index (χ3n) is 3.11. The number of fused-ring (bicyclic) bond motifs is 1. The van der Waals surface area contributed by atoms with Crippen molar-refractivity contribution >= 4 is 44.3 Å². The highest BCUT2D eigenvalue weighted by Crippen LogP contribution is 2.23. The molecule has 20 heavy (non-hydrogen) atoms. The Balaban J connectivity index is 1.89. The van der Waals surface area contributed by atoms with Crippen LogP contribution in [0.4, 0.5) is 0 Å². The first kappa shape index (κ1) is 13.3. The van der Waals surface area contributed by atoms with Gasteiger partial charge in [-0.05, 0) is 46.6 Å². The molecule has 0 saturated heterocycles. The fraction of sp³-hybridized carbons (Fsp3) is 0.143. The maximum absolute atomic E-state index is 11.2. The molecule has 0 spiro atoms. The Kier molecular flexibility index (Phi) is 3.58. The summed E-state index contributed by atoms with van der Waals surface area (Å²) < 4.78 is 3.12. The summed E-state index contributed by atoms with van der Waals surface area (Å²) in [5, 5.41) is 9.15. The molecular formula is C14H11BrN2O2S. The summed E-state index contributed by atoms with van der Waals surface area (Å²) in [6.45, 7) is 0.784. The second kappa shape index (κ2) is 5.38. The molecule has 0 aliphatic carbocycles. The molecule has 0 aliphatic rings. The van der Waals surface area contributed by atoms with Gasteiger partial charge in [-0.1, -0.05) is 6.07 Å². The van der Waals surface area contributed by atoms with Gasteiger partial charge in [0.15, 0.2) is 0 Å². The molecule has 6 heteroatoms. The number of imidazole rings is 1. The number of thiophene rings is 1. The van der Waals surface area contributed by atoms with E-state index in [9.17, 15) is 4.79 Å². The van der Waals surface area contributed by atoms with E-state index in [-0.39, 0.29) is 5.56 Å². The largest absolute Gasteiger partial charge is 0.478 e. The van der Waals surface area contributed by atoms with Gasteiger partial charge in [-0.2, -0.15) is 0 Å². The van der Waals surface area contributed by atoms with E-state index in [1.807, 2.05) is 16.7 Å². The number of carboxylic acid groups (broad SMARTS) is 1. The Bertz CT molecular complexity index is 778. The molecule has 2 heterocycles. The maximum Gasteiger partial charge on any atom is 0.337 e. The molecule has 3 aromatic rings. The number of hydrogen-bond donors (Lipinski definition) is 1. The van der Waals surface area contributed by atoms with E-state index in [1.165, 1.54) is 4.88 Å². The molecule has 0 saturated carbocycles. The summed E-state index contributed by atoms with van der Waals surface area (Å²) >= 11 is 5.16.